The normalized spacial score (nSPS) is 10.6. The van der Waals surface area contributed by atoms with Crippen LogP contribution in [0.2, 0.25) is 0 Å². The molecule has 0 unspecified atom stereocenters. The Morgan fingerprint density at radius 1 is 1.22 bits per heavy atom. The number of hydrogen-bond donors (Lipinski definition) is 0. The summed E-state index contributed by atoms with van der Waals surface area (Å²) in [5.41, 5.74) is -0.155. The lowest BCUT2D eigenvalue weighted by Gasteiger charge is -2.03. The number of ketones is 1. The second-order valence-corrected chi connectivity index (χ2v) is 5.74. The molecular formula is C13H9BrF2OS. The highest BCUT2D eigenvalue weighted by molar-refractivity contribution is 9.10. The van der Waals surface area contributed by atoms with Crippen LogP contribution in [0.4, 0.5) is 8.78 Å². The van der Waals surface area contributed by atoms with Gasteiger partial charge >= 0.3 is 0 Å². The van der Waals surface area contributed by atoms with Crippen LogP contribution in [0.3, 0.4) is 0 Å². The van der Waals surface area contributed by atoms with Gasteiger partial charge in [0.2, 0.25) is 0 Å². The summed E-state index contributed by atoms with van der Waals surface area (Å²) in [5, 5.41) is 1.87. The standard InChI is InChI=1S/C13H9BrF2OS/c14-8-4-10(18-7-8)5-9(17)6-11-12(15)2-1-3-13(11)16/h1-4,7H,5-6H2. The van der Waals surface area contributed by atoms with Gasteiger partial charge in [-0.1, -0.05) is 6.07 Å². The van der Waals surface area contributed by atoms with E-state index >= 15 is 0 Å². The van der Waals surface area contributed by atoms with E-state index in [1.165, 1.54) is 17.4 Å². The molecule has 0 aliphatic carbocycles. The summed E-state index contributed by atoms with van der Waals surface area (Å²) in [6.07, 6.45) is -0.0158. The third-order valence-corrected chi connectivity index (χ3v) is 4.13. The summed E-state index contributed by atoms with van der Waals surface area (Å²) in [6, 6.07) is 5.44. The van der Waals surface area contributed by atoms with Crippen LogP contribution < -0.4 is 0 Å². The minimum Gasteiger partial charge on any atom is -0.299 e. The molecule has 1 aromatic carbocycles. The number of thiophene rings is 1. The molecule has 1 nitrogen and oxygen atoms in total. The molecule has 0 N–H and O–H groups in total. The van der Waals surface area contributed by atoms with Crippen LogP contribution >= 0.6 is 27.3 Å². The van der Waals surface area contributed by atoms with Crippen LogP contribution in [0.5, 0.6) is 0 Å². The summed E-state index contributed by atoms with van der Waals surface area (Å²) in [7, 11) is 0. The molecule has 0 spiro atoms. The average molecular weight is 331 g/mol. The minimum atomic E-state index is -0.671. The van der Waals surface area contributed by atoms with Crippen LogP contribution in [0.1, 0.15) is 10.4 Å². The van der Waals surface area contributed by atoms with Gasteiger partial charge < -0.3 is 0 Å². The first-order valence-electron chi connectivity index (χ1n) is 5.24. The van der Waals surface area contributed by atoms with Crippen LogP contribution in [0.15, 0.2) is 34.1 Å². The van der Waals surface area contributed by atoms with E-state index in [1.54, 1.807) is 0 Å². The van der Waals surface area contributed by atoms with Crippen LogP contribution in [0, 0.1) is 11.6 Å². The second-order valence-electron chi connectivity index (χ2n) is 3.82. The number of rotatable bonds is 4. The van der Waals surface area contributed by atoms with Crippen molar-refractivity contribution >= 4 is 33.0 Å². The van der Waals surface area contributed by atoms with Crippen LogP contribution in [-0.4, -0.2) is 5.78 Å². The van der Waals surface area contributed by atoms with E-state index in [-0.39, 0.29) is 24.2 Å². The van der Waals surface area contributed by atoms with E-state index in [2.05, 4.69) is 15.9 Å². The van der Waals surface area contributed by atoms with Crippen molar-refractivity contribution in [3.05, 3.63) is 56.2 Å². The summed E-state index contributed by atoms with van der Waals surface area (Å²) in [6.45, 7) is 0. The molecule has 1 heterocycles. The third kappa shape index (κ3) is 3.23. The van der Waals surface area contributed by atoms with E-state index in [4.69, 9.17) is 0 Å². The van der Waals surface area contributed by atoms with Gasteiger partial charge in [0, 0.05) is 33.1 Å². The smallest absolute Gasteiger partial charge is 0.142 e. The lowest BCUT2D eigenvalue weighted by Crippen LogP contribution is -2.08. The van der Waals surface area contributed by atoms with Crippen molar-refractivity contribution in [2.75, 3.05) is 0 Å². The molecule has 2 aromatic rings. The fourth-order valence-corrected chi connectivity index (χ4v) is 3.08. The SMILES string of the molecule is O=C(Cc1cc(Br)cs1)Cc1c(F)cccc1F. The first kappa shape index (κ1) is 13.4. The zero-order valence-electron chi connectivity index (χ0n) is 9.25. The number of halogens is 3. The average Bonchev–Trinajstić information content (AvgIpc) is 2.69. The van der Waals surface area contributed by atoms with E-state index < -0.39 is 11.6 Å². The molecule has 0 atom stereocenters. The number of carbonyl (C=O) groups is 1. The van der Waals surface area contributed by atoms with Gasteiger partial charge in [-0.25, -0.2) is 8.78 Å². The third-order valence-electron chi connectivity index (χ3n) is 2.43. The van der Waals surface area contributed by atoms with Crippen molar-refractivity contribution in [3.8, 4) is 0 Å². The Labute approximate surface area is 116 Å². The van der Waals surface area contributed by atoms with Gasteiger partial charge in [0.05, 0.1) is 0 Å². The Bertz CT molecular complexity index is 560. The van der Waals surface area contributed by atoms with Gasteiger partial charge in [0.1, 0.15) is 17.4 Å². The summed E-state index contributed by atoms with van der Waals surface area (Å²) >= 11 is 4.73. The van der Waals surface area contributed by atoms with E-state index in [0.717, 1.165) is 21.5 Å². The molecule has 0 bridgehead atoms. The second kappa shape index (κ2) is 5.71. The van der Waals surface area contributed by atoms with Crippen LogP contribution in [-0.2, 0) is 17.6 Å². The van der Waals surface area contributed by atoms with Crippen molar-refractivity contribution in [1.82, 2.24) is 0 Å². The summed E-state index contributed by atoms with van der Waals surface area (Å²) in [5.74, 6) is -1.54. The van der Waals surface area contributed by atoms with Crippen molar-refractivity contribution in [2.24, 2.45) is 0 Å². The Morgan fingerprint density at radius 3 is 2.44 bits per heavy atom. The topological polar surface area (TPSA) is 17.1 Å². The number of hydrogen-bond acceptors (Lipinski definition) is 2. The van der Waals surface area contributed by atoms with Gasteiger partial charge in [0.25, 0.3) is 0 Å². The van der Waals surface area contributed by atoms with Gasteiger partial charge in [-0.3, -0.25) is 4.79 Å². The molecule has 2 rings (SSSR count). The van der Waals surface area contributed by atoms with Gasteiger partial charge in [-0.2, -0.15) is 0 Å². The fourth-order valence-electron chi connectivity index (χ4n) is 1.60. The maximum atomic E-state index is 13.4. The zero-order valence-corrected chi connectivity index (χ0v) is 11.7. The first-order valence-corrected chi connectivity index (χ1v) is 6.91. The molecule has 0 saturated carbocycles. The Hall–Kier alpha value is -1.07. The van der Waals surface area contributed by atoms with Crippen LogP contribution in [0.25, 0.3) is 0 Å². The Kier molecular flexibility index (Phi) is 4.24. The lowest BCUT2D eigenvalue weighted by molar-refractivity contribution is -0.117. The van der Waals surface area contributed by atoms with Gasteiger partial charge in [-0.05, 0) is 34.1 Å². The van der Waals surface area contributed by atoms with Crippen molar-refractivity contribution in [2.45, 2.75) is 12.8 Å². The molecule has 1 aromatic heterocycles. The molecule has 0 aliphatic rings. The van der Waals surface area contributed by atoms with E-state index in [9.17, 15) is 13.6 Å². The summed E-state index contributed by atoms with van der Waals surface area (Å²) in [4.78, 5) is 12.6. The maximum absolute atomic E-state index is 13.4. The molecule has 0 amide bonds. The first-order chi connectivity index (χ1) is 8.56. The highest BCUT2D eigenvalue weighted by Gasteiger charge is 2.14. The lowest BCUT2D eigenvalue weighted by atomic mass is 10.1. The fraction of sp³-hybridized carbons (Fsp3) is 0.154. The number of benzene rings is 1. The largest absolute Gasteiger partial charge is 0.299 e. The van der Waals surface area contributed by atoms with E-state index in [1.807, 2.05) is 11.4 Å². The van der Waals surface area contributed by atoms with Crippen molar-refractivity contribution < 1.29 is 13.6 Å². The zero-order chi connectivity index (χ0) is 13.1. The summed E-state index contributed by atoms with van der Waals surface area (Å²) < 4.78 is 27.6. The predicted octanol–water partition coefficient (Wildman–Crippen LogP) is 4.14. The molecule has 0 saturated heterocycles. The number of carbonyl (C=O) groups excluding carboxylic acids is 1. The van der Waals surface area contributed by atoms with E-state index in [0.29, 0.717) is 0 Å². The monoisotopic (exact) mass is 330 g/mol. The van der Waals surface area contributed by atoms with Gasteiger partial charge in [-0.15, -0.1) is 11.3 Å². The number of Topliss-reactive ketones (excluding diaryl/α,β-unsaturated/α-hetero) is 1. The van der Waals surface area contributed by atoms with Crippen molar-refractivity contribution in [1.29, 1.82) is 0 Å². The molecule has 5 heteroatoms. The molecular weight excluding hydrogens is 322 g/mol. The highest BCUT2D eigenvalue weighted by Crippen LogP contribution is 2.21. The van der Waals surface area contributed by atoms with Gasteiger partial charge in [0.15, 0.2) is 0 Å². The molecule has 0 radical (unpaired) electrons. The Morgan fingerprint density at radius 2 is 1.89 bits per heavy atom. The highest BCUT2D eigenvalue weighted by atomic mass is 79.9. The Balaban J connectivity index is 2.08. The quantitative estimate of drug-likeness (QED) is 0.823. The van der Waals surface area contributed by atoms with Crippen molar-refractivity contribution in [3.63, 3.8) is 0 Å². The molecule has 0 fully saturated rings. The predicted molar refractivity (Wildman–Crippen MR) is 70.8 cm³/mol. The maximum Gasteiger partial charge on any atom is 0.142 e. The molecule has 0 aliphatic heterocycles. The minimum absolute atomic E-state index is 0.155. The molecule has 18 heavy (non-hydrogen) atoms. The molecule has 94 valence electrons.